The first-order valence-corrected chi connectivity index (χ1v) is 6.70. The van der Waals surface area contributed by atoms with Gasteiger partial charge in [-0.15, -0.1) is 0 Å². The molecule has 0 bridgehead atoms. The molecule has 14 heavy (non-hydrogen) atoms. The summed E-state index contributed by atoms with van der Waals surface area (Å²) in [6, 6.07) is 0. The van der Waals surface area contributed by atoms with Gasteiger partial charge in [-0.2, -0.15) is 11.8 Å². The minimum atomic E-state index is 0.376. The van der Waals surface area contributed by atoms with Crippen LogP contribution in [0.3, 0.4) is 0 Å². The van der Waals surface area contributed by atoms with E-state index in [4.69, 9.17) is 0 Å². The lowest BCUT2D eigenvalue weighted by Gasteiger charge is -2.34. The van der Waals surface area contributed by atoms with Crippen molar-refractivity contribution in [2.75, 3.05) is 25.9 Å². The highest BCUT2D eigenvalue weighted by molar-refractivity contribution is 7.99. The van der Waals surface area contributed by atoms with E-state index in [2.05, 4.69) is 52.7 Å². The van der Waals surface area contributed by atoms with E-state index in [0.29, 0.717) is 10.2 Å². The number of hydrogen-bond acceptors (Lipinski definition) is 2. The second kappa shape index (κ2) is 5.41. The molecule has 0 atom stereocenters. The molecule has 0 aliphatic rings. The molecule has 0 aromatic carbocycles. The molecule has 86 valence electrons. The van der Waals surface area contributed by atoms with Gasteiger partial charge in [0.2, 0.25) is 0 Å². The van der Waals surface area contributed by atoms with Crippen molar-refractivity contribution in [1.82, 2.24) is 4.90 Å². The van der Waals surface area contributed by atoms with Crippen molar-refractivity contribution in [2.45, 2.75) is 46.3 Å². The monoisotopic (exact) mass is 217 g/mol. The van der Waals surface area contributed by atoms with Crippen LogP contribution in [0.4, 0.5) is 0 Å². The van der Waals surface area contributed by atoms with E-state index in [1.807, 2.05) is 11.8 Å². The highest BCUT2D eigenvalue weighted by Gasteiger charge is 2.22. The van der Waals surface area contributed by atoms with E-state index in [0.717, 1.165) is 6.54 Å². The largest absolute Gasteiger partial charge is 0.302 e. The number of hydrogen-bond donors (Lipinski definition) is 0. The zero-order valence-electron chi connectivity index (χ0n) is 11.0. The lowest BCUT2D eigenvalue weighted by Crippen LogP contribution is -2.40. The summed E-state index contributed by atoms with van der Waals surface area (Å²) in [6.07, 6.45) is 2.20. The third-order valence-electron chi connectivity index (χ3n) is 2.30. The zero-order chi connectivity index (χ0) is 11.4. The first-order chi connectivity index (χ1) is 6.20. The molecule has 0 N–H and O–H groups in total. The highest BCUT2D eigenvalue weighted by Crippen LogP contribution is 2.24. The molecule has 0 unspecified atom stereocenters. The van der Waals surface area contributed by atoms with E-state index in [1.165, 1.54) is 13.1 Å². The Morgan fingerprint density at radius 3 is 1.79 bits per heavy atom. The topological polar surface area (TPSA) is 3.24 Å². The van der Waals surface area contributed by atoms with Crippen molar-refractivity contribution >= 4 is 11.8 Å². The van der Waals surface area contributed by atoms with Crippen LogP contribution in [0.1, 0.15) is 41.5 Å². The smallest absolute Gasteiger partial charge is 0.0227 e. The average Bonchev–Trinajstić information content (AvgIpc) is 2.00. The standard InChI is InChI=1S/C12H27NS/c1-8-13(9-11(2,3)4)10-12(5,6)14-7/h8-10H2,1-7H3. The van der Waals surface area contributed by atoms with Crippen LogP contribution in [0.2, 0.25) is 0 Å². The van der Waals surface area contributed by atoms with Crippen molar-refractivity contribution < 1.29 is 0 Å². The van der Waals surface area contributed by atoms with E-state index in [1.54, 1.807) is 0 Å². The summed E-state index contributed by atoms with van der Waals surface area (Å²) in [5.41, 5.74) is 0.407. The van der Waals surface area contributed by atoms with Gasteiger partial charge in [0.05, 0.1) is 0 Å². The molecule has 0 amide bonds. The van der Waals surface area contributed by atoms with Crippen molar-refractivity contribution in [3.8, 4) is 0 Å². The fraction of sp³-hybridized carbons (Fsp3) is 1.00. The summed E-state index contributed by atoms with van der Waals surface area (Å²) in [5.74, 6) is 0. The Balaban J connectivity index is 4.17. The van der Waals surface area contributed by atoms with Crippen molar-refractivity contribution in [2.24, 2.45) is 5.41 Å². The van der Waals surface area contributed by atoms with Crippen molar-refractivity contribution in [3.63, 3.8) is 0 Å². The van der Waals surface area contributed by atoms with Crippen LogP contribution in [-0.4, -0.2) is 35.5 Å². The quantitative estimate of drug-likeness (QED) is 0.693. The fourth-order valence-electron chi connectivity index (χ4n) is 1.55. The third-order valence-corrected chi connectivity index (χ3v) is 3.54. The van der Waals surface area contributed by atoms with Gasteiger partial charge in [-0.25, -0.2) is 0 Å². The van der Waals surface area contributed by atoms with Crippen LogP contribution < -0.4 is 0 Å². The summed E-state index contributed by atoms with van der Waals surface area (Å²) in [5, 5.41) is 0. The van der Waals surface area contributed by atoms with Crippen LogP contribution in [0.15, 0.2) is 0 Å². The van der Waals surface area contributed by atoms with Gasteiger partial charge in [-0.1, -0.05) is 27.7 Å². The first-order valence-electron chi connectivity index (χ1n) is 5.48. The molecule has 0 aromatic heterocycles. The Morgan fingerprint density at radius 2 is 1.50 bits per heavy atom. The van der Waals surface area contributed by atoms with Crippen LogP contribution in [-0.2, 0) is 0 Å². The van der Waals surface area contributed by atoms with Gasteiger partial charge in [0.1, 0.15) is 0 Å². The molecule has 0 heterocycles. The molecule has 0 saturated carbocycles. The Kier molecular flexibility index (Phi) is 5.53. The second-order valence-corrected chi connectivity index (χ2v) is 7.34. The maximum absolute atomic E-state index is 2.55. The Labute approximate surface area is 94.6 Å². The highest BCUT2D eigenvalue weighted by atomic mass is 32.2. The van der Waals surface area contributed by atoms with Gasteiger partial charge in [-0.05, 0) is 32.1 Å². The molecular formula is C12H27NS. The second-order valence-electron chi connectivity index (χ2n) is 5.83. The molecule has 2 heteroatoms. The van der Waals surface area contributed by atoms with Gasteiger partial charge >= 0.3 is 0 Å². The molecular weight excluding hydrogens is 190 g/mol. The molecule has 0 aliphatic carbocycles. The molecule has 0 rings (SSSR count). The van der Waals surface area contributed by atoms with Crippen LogP contribution in [0.25, 0.3) is 0 Å². The Hall–Kier alpha value is 0.310. The molecule has 1 nitrogen and oxygen atoms in total. The van der Waals surface area contributed by atoms with Gasteiger partial charge in [0, 0.05) is 17.8 Å². The SMILES string of the molecule is CCN(CC(C)(C)C)CC(C)(C)SC. The lowest BCUT2D eigenvalue weighted by atomic mass is 9.95. The molecule has 0 spiro atoms. The van der Waals surface area contributed by atoms with Crippen LogP contribution in [0, 0.1) is 5.41 Å². The van der Waals surface area contributed by atoms with E-state index < -0.39 is 0 Å². The number of nitrogens with zero attached hydrogens (tertiary/aromatic N) is 1. The van der Waals surface area contributed by atoms with E-state index in [-0.39, 0.29) is 0 Å². The molecule has 0 radical (unpaired) electrons. The predicted molar refractivity (Wildman–Crippen MR) is 69.2 cm³/mol. The maximum atomic E-state index is 2.55. The normalized spacial score (nSPS) is 13.7. The Bertz CT molecular complexity index is 158. The minimum Gasteiger partial charge on any atom is -0.302 e. The average molecular weight is 217 g/mol. The molecule has 0 aliphatic heterocycles. The minimum absolute atomic E-state index is 0.376. The summed E-state index contributed by atoms with van der Waals surface area (Å²) in [4.78, 5) is 2.55. The summed E-state index contributed by atoms with van der Waals surface area (Å²) in [6.45, 7) is 17.3. The van der Waals surface area contributed by atoms with Gasteiger partial charge < -0.3 is 4.90 Å². The van der Waals surface area contributed by atoms with Crippen molar-refractivity contribution in [3.05, 3.63) is 0 Å². The zero-order valence-corrected chi connectivity index (χ0v) is 11.8. The van der Waals surface area contributed by atoms with Crippen LogP contribution >= 0.6 is 11.8 Å². The van der Waals surface area contributed by atoms with Gasteiger partial charge in [-0.3, -0.25) is 0 Å². The van der Waals surface area contributed by atoms with E-state index >= 15 is 0 Å². The number of thioether (sulfide) groups is 1. The fourth-order valence-corrected chi connectivity index (χ4v) is 1.87. The summed E-state index contributed by atoms with van der Waals surface area (Å²) >= 11 is 1.96. The molecule has 0 fully saturated rings. The van der Waals surface area contributed by atoms with Gasteiger partial charge in [0.15, 0.2) is 0 Å². The third kappa shape index (κ3) is 6.72. The predicted octanol–water partition coefficient (Wildman–Crippen LogP) is 3.50. The van der Waals surface area contributed by atoms with Crippen LogP contribution in [0.5, 0.6) is 0 Å². The van der Waals surface area contributed by atoms with Gasteiger partial charge in [0.25, 0.3) is 0 Å². The Morgan fingerprint density at radius 1 is 1.00 bits per heavy atom. The van der Waals surface area contributed by atoms with E-state index in [9.17, 15) is 0 Å². The summed E-state index contributed by atoms with van der Waals surface area (Å²) < 4.78 is 0.376. The lowest BCUT2D eigenvalue weighted by molar-refractivity contribution is 0.189. The van der Waals surface area contributed by atoms with Crippen molar-refractivity contribution in [1.29, 1.82) is 0 Å². The molecule has 0 aromatic rings. The number of rotatable bonds is 5. The maximum Gasteiger partial charge on any atom is 0.0227 e. The summed E-state index contributed by atoms with van der Waals surface area (Å²) in [7, 11) is 0. The molecule has 0 saturated heterocycles. The first kappa shape index (κ1) is 14.3.